The van der Waals surface area contributed by atoms with Crippen LogP contribution in [-0.2, 0) is 0 Å². The fraction of sp³-hybridized carbons (Fsp3) is 0.364. The van der Waals surface area contributed by atoms with Crippen LogP contribution in [0.1, 0.15) is 27.2 Å². The summed E-state index contributed by atoms with van der Waals surface area (Å²) >= 11 is 3.49. The smallest absolute Gasteiger partial charge is 0.0898 e. The van der Waals surface area contributed by atoms with Crippen LogP contribution in [0.2, 0.25) is 0 Å². The largest absolute Gasteiger partial charge is 0.308 e. The molecule has 0 spiro atoms. The Bertz CT molecular complexity index is 445. The number of hydrogen-bond acceptors (Lipinski definition) is 4. The Kier molecular flexibility index (Phi) is 3.19. The third-order valence-corrected chi connectivity index (χ3v) is 4.08. The predicted octanol–water partition coefficient (Wildman–Crippen LogP) is 3.13. The van der Waals surface area contributed by atoms with Gasteiger partial charge in [-0.1, -0.05) is 0 Å². The van der Waals surface area contributed by atoms with Gasteiger partial charge in [-0.05, 0) is 37.9 Å². The Balaban J connectivity index is 2.36. The molecule has 0 fully saturated rings. The zero-order chi connectivity index (χ0) is 10.8. The molecule has 15 heavy (non-hydrogen) atoms. The van der Waals surface area contributed by atoms with Crippen molar-refractivity contribution in [2.45, 2.75) is 19.9 Å². The lowest BCUT2D eigenvalue weighted by molar-refractivity contribution is 0.673. The first-order valence-electron chi connectivity index (χ1n) is 4.85. The van der Waals surface area contributed by atoms with Crippen molar-refractivity contribution in [2.75, 3.05) is 7.05 Å². The highest BCUT2D eigenvalue weighted by atomic mass is 32.1. The van der Waals surface area contributed by atoms with Crippen molar-refractivity contribution in [1.82, 2.24) is 10.3 Å². The molecule has 0 amide bonds. The van der Waals surface area contributed by atoms with Gasteiger partial charge in [0.25, 0.3) is 0 Å². The minimum atomic E-state index is 0.237. The Hall–Kier alpha value is -0.710. The van der Waals surface area contributed by atoms with E-state index in [9.17, 15) is 0 Å². The van der Waals surface area contributed by atoms with Crippen LogP contribution in [0, 0.1) is 13.8 Å². The van der Waals surface area contributed by atoms with Gasteiger partial charge < -0.3 is 5.32 Å². The molecule has 0 aliphatic carbocycles. The summed E-state index contributed by atoms with van der Waals surface area (Å²) in [5, 5.41) is 8.71. The molecule has 0 radical (unpaired) electrons. The Morgan fingerprint density at radius 1 is 1.33 bits per heavy atom. The van der Waals surface area contributed by atoms with E-state index in [1.807, 2.05) is 14.0 Å². The number of aromatic nitrogens is 1. The monoisotopic (exact) mass is 238 g/mol. The van der Waals surface area contributed by atoms with Crippen LogP contribution >= 0.6 is 22.7 Å². The number of nitrogens with zero attached hydrogens (tertiary/aromatic N) is 1. The van der Waals surface area contributed by atoms with Crippen LogP contribution in [0.4, 0.5) is 0 Å². The highest BCUT2D eigenvalue weighted by Crippen LogP contribution is 2.28. The Morgan fingerprint density at radius 3 is 2.60 bits per heavy atom. The summed E-state index contributed by atoms with van der Waals surface area (Å²) in [5.41, 5.74) is 2.47. The van der Waals surface area contributed by atoms with E-state index < -0.39 is 0 Å². The van der Waals surface area contributed by atoms with Crippen molar-refractivity contribution in [3.05, 3.63) is 38.0 Å². The molecule has 0 aliphatic heterocycles. The second-order valence-electron chi connectivity index (χ2n) is 3.45. The minimum Gasteiger partial charge on any atom is -0.308 e. The molecular formula is C11H14N2S2. The average molecular weight is 238 g/mol. The van der Waals surface area contributed by atoms with Crippen molar-refractivity contribution < 1.29 is 0 Å². The molecule has 0 saturated carbocycles. The molecular weight excluding hydrogens is 224 g/mol. The van der Waals surface area contributed by atoms with E-state index in [2.05, 4.69) is 34.1 Å². The molecule has 2 rings (SSSR count). The topological polar surface area (TPSA) is 24.9 Å². The van der Waals surface area contributed by atoms with Crippen LogP contribution in [0.15, 0.2) is 16.8 Å². The summed E-state index contributed by atoms with van der Waals surface area (Å²) in [6.45, 7) is 4.20. The summed E-state index contributed by atoms with van der Waals surface area (Å²) in [5.74, 6) is 0. The molecule has 80 valence electrons. The normalized spacial score (nSPS) is 13.0. The second kappa shape index (κ2) is 4.43. The highest BCUT2D eigenvalue weighted by molar-refractivity contribution is 7.10. The standard InChI is InChI=1S/C11H14N2S2/c1-7-9(4-5-14-7)11(12-3)10-6-15-8(2)13-10/h4-6,11-12H,1-3H3. The molecule has 2 aromatic heterocycles. The third-order valence-electron chi connectivity index (χ3n) is 2.43. The molecule has 1 unspecified atom stereocenters. The summed E-state index contributed by atoms with van der Waals surface area (Å²) in [6.07, 6.45) is 0. The molecule has 1 N–H and O–H groups in total. The summed E-state index contributed by atoms with van der Waals surface area (Å²) in [4.78, 5) is 5.90. The maximum Gasteiger partial charge on any atom is 0.0898 e. The molecule has 0 saturated heterocycles. The lowest BCUT2D eigenvalue weighted by atomic mass is 10.1. The Morgan fingerprint density at radius 2 is 2.13 bits per heavy atom. The van der Waals surface area contributed by atoms with Crippen LogP contribution < -0.4 is 5.32 Å². The number of thiazole rings is 1. The van der Waals surface area contributed by atoms with Gasteiger partial charge in [0.05, 0.1) is 16.7 Å². The quantitative estimate of drug-likeness (QED) is 0.888. The van der Waals surface area contributed by atoms with Gasteiger partial charge in [0.1, 0.15) is 0 Å². The van der Waals surface area contributed by atoms with Gasteiger partial charge in [0.15, 0.2) is 0 Å². The fourth-order valence-corrected chi connectivity index (χ4v) is 3.05. The van der Waals surface area contributed by atoms with Gasteiger partial charge in [-0.2, -0.15) is 0 Å². The number of thiophene rings is 1. The lowest BCUT2D eigenvalue weighted by Gasteiger charge is -2.13. The number of nitrogens with one attached hydrogen (secondary N) is 1. The fourth-order valence-electron chi connectivity index (χ4n) is 1.67. The predicted molar refractivity (Wildman–Crippen MR) is 66.8 cm³/mol. The van der Waals surface area contributed by atoms with Crippen LogP contribution in [0.3, 0.4) is 0 Å². The SMILES string of the molecule is CNC(c1csc(C)n1)c1ccsc1C. The number of rotatable bonds is 3. The molecule has 0 bridgehead atoms. The molecule has 2 heterocycles. The zero-order valence-corrected chi connectivity index (χ0v) is 10.7. The van der Waals surface area contributed by atoms with Crippen LogP contribution in [0.25, 0.3) is 0 Å². The van der Waals surface area contributed by atoms with E-state index in [1.54, 1.807) is 22.7 Å². The first kappa shape index (κ1) is 10.8. The van der Waals surface area contributed by atoms with Gasteiger partial charge in [-0.3, -0.25) is 0 Å². The van der Waals surface area contributed by atoms with Crippen LogP contribution in [-0.4, -0.2) is 12.0 Å². The van der Waals surface area contributed by atoms with Gasteiger partial charge in [-0.15, -0.1) is 22.7 Å². The molecule has 1 atom stereocenters. The van der Waals surface area contributed by atoms with E-state index in [4.69, 9.17) is 0 Å². The van der Waals surface area contributed by atoms with Crippen molar-refractivity contribution in [3.63, 3.8) is 0 Å². The number of aryl methyl sites for hydroxylation is 2. The zero-order valence-electron chi connectivity index (χ0n) is 9.07. The Labute approximate surface area is 98.0 Å². The van der Waals surface area contributed by atoms with E-state index in [-0.39, 0.29) is 6.04 Å². The molecule has 0 aliphatic rings. The lowest BCUT2D eigenvalue weighted by Crippen LogP contribution is -2.18. The van der Waals surface area contributed by atoms with E-state index in [1.165, 1.54) is 10.4 Å². The third kappa shape index (κ3) is 2.12. The van der Waals surface area contributed by atoms with Crippen molar-refractivity contribution in [3.8, 4) is 0 Å². The van der Waals surface area contributed by atoms with Crippen molar-refractivity contribution in [1.29, 1.82) is 0 Å². The van der Waals surface area contributed by atoms with Crippen molar-refractivity contribution >= 4 is 22.7 Å². The first-order chi connectivity index (χ1) is 7.22. The van der Waals surface area contributed by atoms with Gasteiger partial charge in [0.2, 0.25) is 0 Å². The maximum atomic E-state index is 4.54. The number of hydrogen-bond donors (Lipinski definition) is 1. The van der Waals surface area contributed by atoms with Crippen LogP contribution in [0.5, 0.6) is 0 Å². The average Bonchev–Trinajstić information content (AvgIpc) is 2.79. The summed E-state index contributed by atoms with van der Waals surface area (Å²) in [7, 11) is 1.98. The highest BCUT2D eigenvalue weighted by Gasteiger charge is 2.17. The minimum absolute atomic E-state index is 0.237. The maximum absolute atomic E-state index is 4.54. The molecule has 2 aromatic rings. The van der Waals surface area contributed by atoms with Gasteiger partial charge >= 0.3 is 0 Å². The summed E-state index contributed by atoms with van der Waals surface area (Å²) in [6, 6.07) is 2.41. The van der Waals surface area contributed by atoms with Gasteiger partial charge in [-0.25, -0.2) is 4.98 Å². The second-order valence-corrected chi connectivity index (χ2v) is 5.63. The molecule has 4 heteroatoms. The summed E-state index contributed by atoms with van der Waals surface area (Å²) < 4.78 is 0. The molecule has 0 aromatic carbocycles. The molecule has 2 nitrogen and oxygen atoms in total. The first-order valence-corrected chi connectivity index (χ1v) is 6.61. The van der Waals surface area contributed by atoms with E-state index in [0.717, 1.165) is 10.7 Å². The van der Waals surface area contributed by atoms with E-state index >= 15 is 0 Å². The van der Waals surface area contributed by atoms with E-state index in [0.29, 0.717) is 0 Å². The van der Waals surface area contributed by atoms with Gasteiger partial charge in [0, 0.05) is 10.3 Å². The van der Waals surface area contributed by atoms with Crippen molar-refractivity contribution in [2.24, 2.45) is 0 Å².